The van der Waals surface area contributed by atoms with E-state index in [9.17, 15) is 40.5 Å². The van der Waals surface area contributed by atoms with Crippen LogP contribution in [0.5, 0.6) is 0 Å². The van der Waals surface area contributed by atoms with Crippen LogP contribution < -0.4 is 16.8 Å². The molecule has 6 aliphatic rings. The van der Waals surface area contributed by atoms with Crippen LogP contribution in [0.25, 0.3) is 0 Å². The third kappa shape index (κ3) is 6.01. The molecule has 16 atom stereocenters. The third-order valence-corrected chi connectivity index (χ3v) is 7.84. The highest BCUT2D eigenvalue weighted by Crippen LogP contribution is 2.39. The lowest BCUT2D eigenvalue weighted by Crippen LogP contribution is -2.72. The lowest BCUT2D eigenvalue weighted by molar-refractivity contribution is -0.404. The van der Waals surface area contributed by atoms with Gasteiger partial charge in [-0.1, -0.05) is 0 Å². The largest absolute Gasteiger partial charge is 0.394 e. The normalized spacial score (nSPS) is 49.2. The second kappa shape index (κ2) is 12.6. The fraction of sp³-hybridized carbons (Fsp3) is 0.957. The minimum Gasteiger partial charge on any atom is -0.394 e. The fourth-order valence-corrected chi connectivity index (χ4v) is 5.62. The van der Waals surface area contributed by atoms with Gasteiger partial charge in [0, 0.05) is 13.3 Å². The molecule has 232 valence electrons. The van der Waals surface area contributed by atoms with Crippen LogP contribution in [0.4, 0.5) is 0 Å². The van der Waals surface area contributed by atoms with Crippen LogP contribution in [-0.4, -0.2) is 159 Å². The first kappa shape index (κ1) is 31.8. The Morgan fingerprint density at radius 1 is 0.950 bits per heavy atom. The smallest absolute Gasteiger partial charge is 0.217 e. The van der Waals surface area contributed by atoms with Gasteiger partial charge in [0.2, 0.25) is 5.91 Å². The van der Waals surface area contributed by atoms with Crippen molar-refractivity contribution in [2.24, 2.45) is 11.5 Å². The predicted octanol–water partition coefficient (Wildman–Crippen LogP) is -6.31. The van der Waals surface area contributed by atoms with E-state index >= 15 is 0 Å². The molecule has 0 aromatic heterocycles. The Kier molecular flexibility index (Phi) is 10.0. The van der Waals surface area contributed by atoms with E-state index in [-0.39, 0.29) is 6.42 Å². The van der Waals surface area contributed by atoms with E-state index in [4.69, 9.17) is 39.9 Å². The number of nitrogens with two attached hydrogens (primary N) is 2. The Morgan fingerprint density at radius 3 is 2.15 bits per heavy atom. The molecule has 0 spiro atoms. The first-order valence-electron chi connectivity index (χ1n) is 13.2. The van der Waals surface area contributed by atoms with Crippen LogP contribution in [0, 0.1) is 0 Å². The van der Waals surface area contributed by atoms with E-state index < -0.39 is 123 Å². The number of amides is 1. The second-order valence-corrected chi connectivity index (χ2v) is 10.8. The SMILES string of the molecule is CC(=O)N[C@H]1[C@@H]2O[C@H]3C[C@](CO)(O[C@@H]([C@@H](N)[C@H](C)O)[C@H]3N)O[C@@H]3[C@H](O)[C@@H](O)[C@H](O[C@@H]([C@@H]1O)[C@@H](CO)O2)O[C@@H]3CO. The monoisotopic (exact) mass is 583 g/mol. The Hall–Kier alpha value is -1.13. The maximum Gasteiger partial charge on any atom is 0.217 e. The number of ether oxygens (including phenoxy) is 6. The van der Waals surface area contributed by atoms with Gasteiger partial charge in [0.05, 0.1) is 50.2 Å². The molecule has 6 heterocycles. The maximum atomic E-state index is 12.1. The molecule has 6 rings (SSSR count). The average Bonchev–Trinajstić information content (AvgIpc) is 2.92. The van der Waals surface area contributed by atoms with Gasteiger partial charge in [0.1, 0.15) is 48.8 Å². The van der Waals surface area contributed by atoms with Crippen molar-refractivity contribution in [1.82, 2.24) is 5.32 Å². The summed E-state index contributed by atoms with van der Waals surface area (Å²) in [4.78, 5) is 12.1. The summed E-state index contributed by atoms with van der Waals surface area (Å²) < 4.78 is 35.6. The molecule has 17 heteroatoms. The van der Waals surface area contributed by atoms with Crippen LogP contribution >= 0.6 is 0 Å². The standard InChI is InChI=1S/C23H41N3O14/c1-7(30)12(24)20-13(25)9-3-23(6-29,40-20)39-19-11(5-28)37-22(17(34)16(19)33)38-18-10(4-27)36-21(35-9)14(15(18)32)26-8(2)31/h7,9-22,27-30,32-34H,3-6,24-25H2,1-2H3,(H,26,31)/t7-,9-,10+,11+,12-,13-,14+,15+,16+,17+,18+,19-,20-,21+,22-,23+/m0/s1. The number of carbonyl (C=O) groups is 1. The Morgan fingerprint density at radius 2 is 1.57 bits per heavy atom. The number of hydrogen-bond donors (Lipinski definition) is 10. The van der Waals surface area contributed by atoms with Gasteiger partial charge in [0.15, 0.2) is 18.4 Å². The van der Waals surface area contributed by atoms with Gasteiger partial charge in [-0.05, 0) is 6.92 Å². The molecule has 40 heavy (non-hydrogen) atoms. The van der Waals surface area contributed by atoms with Gasteiger partial charge in [-0.15, -0.1) is 0 Å². The van der Waals surface area contributed by atoms with Crippen LogP contribution in [0.2, 0.25) is 0 Å². The van der Waals surface area contributed by atoms with Crippen molar-refractivity contribution in [3.8, 4) is 0 Å². The summed E-state index contributed by atoms with van der Waals surface area (Å²) in [6.45, 7) is 0.287. The fourth-order valence-electron chi connectivity index (χ4n) is 5.62. The predicted molar refractivity (Wildman–Crippen MR) is 129 cm³/mol. The van der Waals surface area contributed by atoms with Crippen molar-refractivity contribution in [1.29, 1.82) is 0 Å². The Bertz CT molecular complexity index is 871. The molecule has 0 radical (unpaired) electrons. The first-order valence-corrected chi connectivity index (χ1v) is 13.2. The lowest BCUT2D eigenvalue weighted by atomic mass is 9.87. The van der Waals surface area contributed by atoms with Crippen molar-refractivity contribution in [3.63, 3.8) is 0 Å². The van der Waals surface area contributed by atoms with Gasteiger partial charge in [-0.3, -0.25) is 4.79 Å². The number of carbonyl (C=O) groups excluding carboxylic acids is 1. The van der Waals surface area contributed by atoms with E-state index in [0.29, 0.717) is 0 Å². The number of hydrogen-bond acceptors (Lipinski definition) is 16. The van der Waals surface area contributed by atoms with Crippen molar-refractivity contribution in [2.45, 2.75) is 118 Å². The second-order valence-electron chi connectivity index (χ2n) is 10.8. The quantitative estimate of drug-likeness (QED) is 0.139. The van der Waals surface area contributed by atoms with E-state index in [1.807, 2.05) is 0 Å². The minimum atomic E-state index is -2.02. The van der Waals surface area contributed by atoms with Crippen LogP contribution in [0.1, 0.15) is 20.3 Å². The number of fused-ring (bicyclic) bond motifs is 2. The van der Waals surface area contributed by atoms with Gasteiger partial charge < -0.3 is 81.0 Å². The third-order valence-electron chi connectivity index (χ3n) is 7.84. The zero-order valence-electron chi connectivity index (χ0n) is 22.1. The van der Waals surface area contributed by atoms with Gasteiger partial charge in [-0.25, -0.2) is 0 Å². The van der Waals surface area contributed by atoms with E-state index in [1.165, 1.54) is 13.8 Å². The molecule has 6 aliphatic heterocycles. The summed E-state index contributed by atoms with van der Waals surface area (Å²) in [6, 6.07) is -3.52. The summed E-state index contributed by atoms with van der Waals surface area (Å²) in [5.41, 5.74) is 12.7. The van der Waals surface area contributed by atoms with Crippen molar-refractivity contribution < 1.29 is 69.0 Å². The van der Waals surface area contributed by atoms with Crippen molar-refractivity contribution >= 4 is 5.91 Å². The molecular weight excluding hydrogens is 542 g/mol. The summed E-state index contributed by atoms with van der Waals surface area (Å²) in [5.74, 6) is -2.60. The number of rotatable bonds is 6. The molecule has 0 unspecified atom stereocenters. The maximum absolute atomic E-state index is 12.1. The molecular formula is C23H41N3O14. The lowest BCUT2D eigenvalue weighted by Gasteiger charge is -2.54. The highest BCUT2D eigenvalue weighted by Gasteiger charge is 2.58. The molecule has 6 bridgehead atoms. The van der Waals surface area contributed by atoms with Gasteiger partial charge >= 0.3 is 0 Å². The van der Waals surface area contributed by atoms with E-state index in [1.54, 1.807) is 0 Å². The highest BCUT2D eigenvalue weighted by molar-refractivity contribution is 5.73. The molecule has 0 aromatic carbocycles. The van der Waals surface area contributed by atoms with E-state index in [0.717, 1.165) is 0 Å². The number of aliphatic hydroxyl groups excluding tert-OH is 7. The van der Waals surface area contributed by atoms with Gasteiger partial charge in [-0.2, -0.15) is 0 Å². The van der Waals surface area contributed by atoms with E-state index in [2.05, 4.69) is 5.32 Å². The summed E-state index contributed by atoms with van der Waals surface area (Å²) in [6.07, 6.45) is -17.6. The van der Waals surface area contributed by atoms with Crippen molar-refractivity contribution in [2.75, 3.05) is 19.8 Å². The summed E-state index contributed by atoms with van der Waals surface area (Å²) >= 11 is 0. The molecule has 0 aromatic rings. The minimum absolute atomic E-state index is 0.332. The van der Waals surface area contributed by atoms with Gasteiger partial charge in [0.25, 0.3) is 0 Å². The molecule has 1 amide bonds. The number of aliphatic hydroxyl groups is 7. The molecule has 0 aliphatic carbocycles. The average molecular weight is 584 g/mol. The van der Waals surface area contributed by atoms with Crippen LogP contribution in [0.3, 0.4) is 0 Å². The summed E-state index contributed by atoms with van der Waals surface area (Å²) in [7, 11) is 0. The Balaban J connectivity index is 1.84. The zero-order valence-corrected chi connectivity index (χ0v) is 22.1. The molecule has 12 N–H and O–H groups in total. The van der Waals surface area contributed by atoms with Crippen LogP contribution in [0.15, 0.2) is 0 Å². The Labute approximate surface area is 229 Å². The molecule has 6 fully saturated rings. The highest BCUT2D eigenvalue weighted by atomic mass is 16.8. The first-order chi connectivity index (χ1) is 18.9. The topological polar surface area (TPSA) is 278 Å². The zero-order chi connectivity index (χ0) is 29.5. The van der Waals surface area contributed by atoms with Crippen LogP contribution in [-0.2, 0) is 33.2 Å². The summed E-state index contributed by atoms with van der Waals surface area (Å²) in [5, 5.41) is 76.6. The molecule has 0 saturated carbocycles. The molecule has 6 saturated heterocycles. The molecule has 17 nitrogen and oxygen atoms in total. The van der Waals surface area contributed by atoms with Crippen molar-refractivity contribution in [3.05, 3.63) is 0 Å². The number of nitrogens with one attached hydrogen (secondary N) is 1.